The van der Waals surface area contributed by atoms with Crippen LogP contribution in [0.15, 0.2) is 18.2 Å². The lowest BCUT2D eigenvalue weighted by atomic mass is 9.82. The SMILES string of the molecule is CCC(C)(C)c1nc2c(C(C)(C)C)cccc2nc1C1CC1. The summed E-state index contributed by atoms with van der Waals surface area (Å²) in [5.41, 5.74) is 6.11. The van der Waals surface area contributed by atoms with Crippen LogP contribution in [0, 0.1) is 0 Å². The zero-order chi connectivity index (χ0) is 16.1. The van der Waals surface area contributed by atoms with Gasteiger partial charge in [0.15, 0.2) is 0 Å². The van der Waals surface area contributed by atoms with E-state index in [1.54, 1.807) is 0 Å². The lowest BCUT2D eigenvalue weighted by molar-refractivity contribution is 0.483. The summed E-state index contributed by atoms with van der Waals surface area (Å²) in [6.45, 7) is 13.6. The minimum Gasteiger partial charge on any atom is -0.249 e. The number of benzene rings is 1. The van der Waals surface area contributed by atoms with Crippen molar-refractivity contribution in [1.29, 1.82) is 0 Å². The van der Waals surface area contributed by atoms with Crippen LogP contribution in [0.3, 0.4) is 0 Å². The number of fused-ring (bicyclic) bond motifs is 1. The van der Waals surface area contributed by atoms with Crippen molar-refractivity contribution in [3.05, 3.63) is 35.2 Å². The molecular formula is C20H28N2. The van der Waals surface area contributed by atoms with E-state index in [0.29, 0.717) is 5.92 Å². The van der Waals surface area contributed by atoms with Gasteiger partial charge in [0.25, 0.3) is 0 Å². The molecule has 0 aliphatic heterocycles. The Morgan fingerprint density at radius 2 is 1.73 bits per heavy atom. The molecule has 0 atom stereocenters. The Bertz CT molecular complexity index is 703. The lowest BCUT2D eigenvalue weighted by Crippen LogP contribution is -2.22. The van der Waals surface area contributed by atoms with Crippen LogP contribution in [0.2, 0.25) is 0 Å². The van der Waals surface area contributed by atoms with Crippen LogP contribution in [0.1, 0.15) is 83.7 Å². The van der Waals surface area contributed by atoms with Gasteiger partial charge in [0, 0.05) is 11.3 Å². The molecule has 1 aliphatic rings. The molecule has 0 saturated heterocycles. The third kappa shape index (κ3) is 2.64. The molecule has 2 heteroatoms. The molecule has 0 radical (unpaired) electrons. The van der Waals surface area contributed by atoms with Gasteiger partial charge in [-0.05, 0) is 36.3 Å². The first kappa shape index (κ1) is 15.5. The van der Waals surface area contributed by atoms with Gasteiger partial charge in [-0.1, -0.05) is 53.7 Å². The van der Waals surface area contributed by atoms with E-state index >= 15 is 0 Å². The summed E-state index contributed by atoms with van der Waals surface area (Å²) < 4.78 is 0. The maximum absolute atomic E-state index is 5.18. The van der Waals surface area contributed by atoms with Gasteiger partial charge in [0.05, 0.1) is 22.4 Å². The number of aromatic nitrogens is 2. The van der Waals surface area contributed by atoms with Crippen molar-refractivity contribution in [1.82, 2.24) is 9.97 Å². The Kier molecular flexibility index (Phi) is 3.54. The minimum absolute atomic E-state index is 0.0862. The molecule has 3 rings (SSSR count). The van der Waals surface area contributed by atoms with E-state index in [9.17, 15) is 0 Å². The van der Waals surface area contributed by atoms with E-state index in [2.05, 4.69) is 59.7 Å². The van der Waals surface area contributed by atoms with Crippen LogP contribution in [0.25, 0.3) is 11.0 Å². The second-order valence-electron chi connectivity index (χ2n) is 8.39. The summed E-state index contributed by atoms with van der Waals surface area (Å²) in [6.07, 6.45) is 3.63. The molecule has 1 fully saturated rings. The summed E-state index contributed by atoms with van der Waals surface area (Å²) in [6, 6.07) is 6.45. The van der Waals surface area contributed by atoms with Gasteiger partial charge in [-0.15, -0.1) is 0 Å². The maximum atomic E-state index is 5.18. The highest BCUT2D eigenvalue weighted by atomic mass is 14.9. The molecule has 1 aromatic carbocycles. The zero-order valence-corrected chi connectivity index (χ0v) is 14.8. The van der Waals surface area contributed by atoms with Crippen molar-refractivity contribution in [2.24, 2.45) is 0 Å². The third-order valence-corrected chi connectivity index (χ3v) is 5.02. The van der Waals surface area contributed by atoms with E-state index in [0.717, 1.165) is 17.5 Å². The number of hydrogen-bond donors (Lipinski definition) is 0. The zero-order valence-electron chi connectivity index (χ0n) is 14.8. The largest absolute Gasteiger partial charge is 0.249 e. The second-order valence-corrected chi connectivity index (χ2v) is 8.39. The number of rotatable bonds is 3. The molecule has 118 valence electrons. The highest BCUT2D eigenvalue weighted by Crippen LogP contribution is 2.44. The first-order valence-corrected chi connectivity index (χ1v) is 8.55. The van der Waals surface area contributed by atoms with Crippen molar-refractivity contribution in [3.8, 4) is 0 Å². The van der Waals surface area contributed by atoms with Gasteiger partial charge in [0.2, 0.25) is 0 Å². The highest BCUT2D eigenvalue weighted by molar-refractivity contribution is 5.79. The van der Waals surface area contributed by atoms with Crippen molar-refractivity contribution in [2.45, 2.75) is 77.6 Å². The quantitative estimate of drug-likeness (QED) is 0.748. The molecule has 0 amide bonds. The van der Waals surface area contributed by atoms with Gasteiger partial charge in [-0.3, -0.25) is 0 Å². The molecule has 0 bridgehead atoms. The molecule has 0 spiro atoms. The van der Waals surface area contributed by atoms with Gasteiger partial charge in [-0.25, -0.2) is 9.97 Å². The first-order valence-electron chi connectivity index (χ1n) is 8.55. The number of nitrogens with zero attached hydrogens (tertiary/aromatic N) is 2. The Labute approximate surface area is 134 Å². The van der Waals surface area contributed by atoms with Crippen LogP contribution < -0.4 is 0 Å². The van der Waals surface area contributed by atoms with Crippen molar-refractivity contribution >= 4 is 11.0 Å². The Balaban J connectivity index is 2.31. The lowest BCUT2D eigenvalue weighted by Gasteiger charge is -2.27. The van der Waals surface area contributed by atoms with E-state index < -0.39 is 0 Å². The topological polar surface area (TPSA) is 25.8 Å². The van der Waals surface area contributed by atoms with Crippen molar-refractivity contribution in [3.63, 3.8) is 0 Å². The Morgan fingerprint density at radius 1 is 1.05 bits per heavy atom. The first-order chi connectivity index (χ1) is 10.2. The molecule has 0 unspecified atom stereocenters. The predicted molar refractivity (Wildman–Crippen MR) is 93.5 cm³/mol. The van der Waals surface area contributed by atoms with E-state index in [-0.39, 0.29) is 10.8 Å². The number of hydrogen-bond acceptors (Lipinski definition) is 2. The summed E-state index contributed by atoms with van der Waals surface area (Å²) >= 11 is 0. The molecule has 1 saturated carbocycles. The fourth-order valence-corrected chi connectivity index (χ4v) is 3.00. The van der Waals surface area contributed by atoms with Crippen LogP contribution >= 0.6 is 0 Å². The van der Waals surface area contributed by atoms with Gasteiger partial charge < -0.3 is 0 Å². The summed E-state index contributed by atoms with van der Waals surface area (Å²) in [5.74, 6) is 0.635. The van der Waals surface area contributed by atoms with E-state index in [1.807, 2.05) is 0 Å². The van der Waals surface area contributed by atoms with E-state index in [4.69, 9.17) is 9.97 Å². The summed E-state index contributed by atoms with van der Waals surface area (Å²) in [7, 11) is 0. The molecule has 2 aromatic rings. The highest BCUT2D eigenvalue weighted by Gasteiger charge is 2.34. The molecule has 1 aromatic heterocycles. The molecular weight excluding hydrogens is 268 g/mol. The molecule has 2 nitrogen and oxygen atoms in total. The minimum atomic E-state index is 0.0862. The summed E-state index contributed by atoms with van der Waals surface area (Å²) in [5, 5.41) is 0. The monoisotopic (exact) mass is 296 g/mol. The second kappa shape index (κ2) is 5.04. The van der Waals surface area contributed by atoms with Crippen LogP contribution in [0.5, 0.6) is 0 Å². The van der Waals surface area contributed by atoms with Gasteiger partial charge >= 0.3 is 0 Å². The molecule has 1 heterocycles. The van der Waals surface area contributed by atoms with Gasteiger partial charge in [0.1, 0.15) is 0 Å². The van der Waals surface area contributed by atoms with E-state index in [1.165, 1.54) is 29.8 Å². The fraction of sp³-hybridized carbons (Fsp3) is 0.600. The maximum Gasteiger partial charge on any atom is 0.0927 e. The van der Waals surface area contributed by atoms with Crippen molar-refractivity contribution in [2.75, 3.05) is 0 Å². The standard InChI is InChI=1S/C20H28N2/c1-7-20(5,6)18-16(13-11-12-13)21-15-10-8-9-14(17(15)22-18)19(2,3)4/h8-10,13H,7,11-12H2,1-6H3. The Morgan fingerprint density at radius 3 is 2.27 bits per heavy atom. The average Bonchev–Trinajstić information content (AvgIpc) is 3.28. The average molecular weight is 296 g/mol. The molecule has 0 N–H and O–H groups in total. The van der Waals surface area contributed by atoms with Crippen LogP contribution in [0.4, 0.5) is 0 Å². The predicted octanol–water partition coefficient (Wildman–Crippen LogP) is 5.49. The van der Waals surface area contributed by atoms with Crippen LogP contribution in [-0.2, 0) is 10.8 Å². The fourth-order valence-electron chi connectivity index (χ4n) is 3.00. The third-order valence-electron chi connectivity index (χ3n) is 5.02. The van der Waals surface area contributed by atoms with Gasteiger partial charge in [-0.2, -0.15) is 0 Å². The molecule has 1 aliphatic carbocycles. The van der Waals surface area contributed by atoms with Crippen molar-refractivity contribution < 1.29 is 0 Å². The molecule has 22 heavy (non-hydrogen) atoms. The smallest absolute Gasteiger partial charge is 0.0927 e. The summed E-state index contributed by atoms with van der Waals surface area (Å²) in [4.78, 5) is 10.2. The number of para-hydroxylation sites is 1. The Hall–Kier alpha value is -1.44. The normalized spacial score (nSPS) is 16.3. The van der Waals surface area contributed by atoms with Crippen LogP contribution in [-0.4, -0.2) is 9.97 Å².